The first-order valence-electron chi connectivity index (χ1n) is 6.29. The highest BCUT2D eigenvalue weighted by atomic mass is 19.4. The van der Waals surface area contributed by atoms with Gasteiger partial charge >= 0.3 is 18.0 Å². The van der Waals surface area contributed by atoms with Crippen molar-refractivity contribution in [3.05, 3.63) is 29.8 Å². The summed E-state index contributed by atoms with van der Waals surface area (Å²) >= 11 is 0. The molecule has 122 valence electrons. The molecule has 0 saturated heterocycles. The van der Waals surface area contributed by atoms with Crippen molar-refractivity contribution in [1.29, 1.82) is 0 Å². The lowest BCUT2D eigenvalue weighted by molar-refractivity contribution is -0.143. The van der Waals surface area contributed by atoms with Crippen LogP contribution in [0.15, 0.2) is 24.3 Å². The summed E-state index contributed by atoms with van der Waals surface area (Å²) in [4.78, 5) is 24.4. The van der Waals surface area contributed by atoms with Gasteiger partial charge in [-0.3, -0.25) is 9.59 Å². The van der Waals surface area contributed by atoms with Crippen LogP contribution in [0, 0.1) is 0 Å². The van der Waals surface area contributed by atoms with Crippen molar-refractivity contribution in [2.24, 2.45) is 0 Å². The van der Waals surface area contributed by atoms with Crippen LogP contribution in [0.25, 0.3) is 0 Å². The van der Waals surface area contributed by atoms with E-state index in [0.29, 0.717) is 0 Å². The monoisotopic (exact) mass is 320 g/mol. The largest absolute Gasteiger partial charge is 0.416 e. The number of hydrogen-bond donors (Lipinski definition) is 3. The third kappa shape index (κ3) is 5.01. The van der Waals surface area contributed by atoms with Gasteiger partial charge in [-0.05, 0) is 24.3 Å². The zero-order valence-corrected chi connectivity index (χ0v) is 11.4. The third-order valence-corrected chi connectivity index (χ3v) is 2.69. The van der Waals surface area contributed by atoms with E-state index in [2.05, 4.69) is 5.32 Å². The van der Waals surface area contributed by atoms with Gasteiger partial charge in [-0.15, -0.1) is 0 Å². The molecule has 0 spiro atoms. The van der Waals surface area contributed by atoms with E-state index in [9.17, 15) is 22.8 Å². The van der Waals surface area contributed by atoms with Crippen LogP contribution in [0.4, 0.5) is 18.9 Å². The molecule has 0 aliphatic heterocycles. The molecular weight excluding hydrogens is 305 g/mol. The van der Waals surface area contributed by atoms with Crippen LogP contribution in [0.2, 0.25) is 0 Å². The summed E-state index contributed by atoms with van der Waals surface area (Å²) in [5.74, 6) is -2.07. The summed E-state index contributed by atoms with van der Waals surface area (Å²) in [7, 11) is 0. The summed E-state index contributed by atoms with van der Waals surface area (Å²) in [5.41, 5.74) is -0.849. The Bertz CT molecular complexity index is 511. The summed E-state index contributed by atoms with van der Waals surface area (Å²) < 4.78 is 37.2. The number of halogens is 3. The highest BCUT2D eigenvalue weighted by Crippen LogP contribution is 2.29. The number of nitrogens with one attached hydrogen (secondary N) is 1. The molecule has 0 radical (unpaired) electrons. The van der Waals surface area contributed by atoms with Gasteiger partial charge in [0.2, 0.25) is 0 Å². The van der Waals surface area contributed by atoms with E-state index >= 15 is 0 Å². The van der Waals surface area contributed by atoms with Crippen LogP contribution >= 0.6 is 0 Å². The van der Waals surface area contributed by atoms with Crippen LogP contribution in [-0.4, -0.2) is 53.2 Å². The number of carbonyl (C=O) groups is 2. The van der Waals surface area contributed by atoms with Gasteiger partial charge in [0.05, 0.1) is 18.8 Å². The molecule has 0 fully saturated rings. The molecule has 0 unspecified atom stereocenters. The van der Waals surface area contributed by atoms with Crippen LogP contribution in [0.5, 0.6) is 0 Å². The zero-order valence-electron chi connectivity index (χ0n) is 11.4. The van der Waals surface area contributed by atoms with Crippen molar-refractivity contribution < 1.29 is 33.0 Å². The van der Waals surface area contributed by atoms with Gasteiger partial charge < -0.3 is 20.4 Å². The summed E-state index contributed by atoms with van der Waals surface area (Å²) in [6, 6.07) is 3.60. The molecule has 1 aromatic carbocycles. The van der Waals surface area contributed by atoms with E-state index in [1.807, 2.05) is 0 Å². The van der Waals surface area contributed by atoms with E-state index in [-0.39, 0.29) is 32.0 Å². The first kappa shape index (κ1) is 17.9. The van der Waals surface area contributed by atoms with E-state index in [1.165, 1.54) is 0 Å². The SMILES string of the molecule is O=C(Nc1ccc(C(F)(F)F)cc1)C(=O)N(CCO)CCO. The smallest absolute Gasteiger partial charge is 0.395 e. The molecule has 0 heterocycles. The Kier molecular flexibility index (Phi) is 6.32. The molecular formula is C13H15F3N2O4. The maximum atomic E-state index is 12.4. The number of alkyl halides is 3. The normalized spacial score (nSPS) is 11.1. The molecule has 0 aliphatic carbocycles. The summed E-state index contributed by atoms with van der Waals surface area (Å²) in [6.07, 6.45) is -4.49. The van der Waals surface area contributed by atoms with Crippen molar-refractivity contribution in [3.8, 4) is 0 Å². The maximum absolute atomic E-state index is 12.4. The standard InChI is InChI=1S/C13H15F3N2O4/c14-13(15,16)9-1-3-10(4-2-9)17-11(21)12(22)18(5-7-19)6-8-20/h1-4,19-20H,5-8H2,(H,17,21). The van der Waals surface area contributed by atoms with Crippen molar-refractivity contribution in [3.63, 3.8) is 0 Å². The van der Waals surface area contributed by atoms with Crippen molar-refractivity contribution >= 4 is 17.5 Å². The Balaban J connectivity index is 2.73. The first-order chi connectivity index (χ1) is 10.3. The Morgan fingerprint density at radius 3 is 1.95 bits per heavy atom. The van der Waals surface area contributed by atoms with Gasteiger partial charge in [0.15, 0.2) is 0 Å². The molecule has 2 amide bonds. The number of hydrogen-bond acceptors (Lipinski definition) is 4. The molecule has 1 aromatic rings. The fourth-order valence-electron chi connectivity index (χ4n) is 1.63. The number of anilines is 1. The Morgan fingerprint density at radius 2 is 1.55 bits per heavy atom. The zero-order chi connectivity index (χ0) is 16.8. The third-order valence-electron chi connectivity index (χ3n) is 2.69. The first-order valence-corrected chi connectivity index (χ1v) is 6.29. The van der Waals surface area contributed by atoms with E-state index < -0.39 is 23.6 Å². The topological polar surface area (TPSA) is 89.9 Å². The molecule has 0 saturated carbocycles. The molecule has 0 bridgehead atoms. The van der Waals surface area contributed by atoms with Crippen molar-refractivity contribution in [2.75, 3.05) is 31.6 Å². The predicted molar refractivity (Wildman–Crippen MR) is 70.8 cm³/mol. The molecule has 0 aromatic heterocycles. The number of amides is 2. The van der Waals surface area contributed by atoms with Gasteiger partial charge in [0.1, 0.15) is 0 Å². The molecule has 1 rings (SSSR count). The molecule has 0 aliphatic rings. The molecule has 3 N–H and O–H groups in total. The van der Waals surface area contributed by atoms with E-state index in [1.54, 1.807) is 0 Å². The number of benzene rings is 1. The Labute approximate surface area is 124 Å². The second-order valence-electron chi connectivity index (χ2n) is 4.27. The average molecular weight is 320 g/mol. The number of aliphatic hydroxyl groups excluding tert-OH is 2. The fraction of sp³-hybridized carbons (Fsp3) is 0.385. The summed E-state index contributed by atoms with van der Waals surface area (Å²) in [6.45, 7) is -1.06. The van der Waals surface area contributed by atoms with Gasteiger partial charge in [0, 0.05) is 18.8 Å². The number of carbonyl (C=O) groups excluding carboxylic acids is 2. The molecule has 9 heteroatoms. The van der Waals surface area contributed by atoms with Crippen LogP contribution in [0.1, 0.15) is 5.56 Å². The highest BCUT2D eigenvalue weighted by Gasteiger charge is 2.30. The fourth-order valence-corrected chi connectivity index (χ4v) is 1.63. The molecule has 6 nitrogen and oxygen atoms in total. The average Bonchev–Trinajstić information content (AvgIpc) is 2.46. The van der Waals surface area contributed by atoms with E-state index in [0.717, 1.165) is 29.2 Å². The number of rotatable bonds is 5. The lowest BCUT2D eigenvalue weighted by atomic mass is 10.2. The van der Waals surface area contributed by atoms with Gasteiger partial charge in [0.25, 0.3) is 0 Å². The predicted octanol–water partition coefficient (Wildman–Crippen LogP) is 0.457. The minimum atomic E-state index is -4.49. The van der Waals surface area contributed by atoms with Crippen molar-refractivity contribution in [2.45, 2.75) is 6.18 Å². The maximum Gasteiger partial charge on any atom is 0.416 e. The minimum Gasteiger partial charge on any atom is -0.395 e. The molecule has 22 heavy (non-hydrogen) atoms. The summed E-state index contributed by atoms with van der Waals surface area (Å²) in [5, 5.41) is 19.7. The van der Waals surface area contributed by atoms with Crippen molar-refractivity contribution in [1.82, 2.24) is 4.90 Å². The highest BCUT2D eigenvalue weighted by molar-refractivity contribution is 6.39. The van der Waals surface area contributed by atoms with Crippen LogP contribution in [0.3, 0.4) is 0 Å². The Morgan fingerprint density at radius 1 is 1.05 bits per heavy atom. The lowest BCUT2D eigenvalue weighted by Crippen LogP contribution is -2.42. The van der Waals surface area contributed by atoms with Crippen LogP contribution in [-0.2, 0) is 15.8 Å². The quantitative estimate of drug-likeness (QED) is 0.688. The minimum absolute atomic E-state index is 0.0271. The molecule has 0 atom stereocenters. The number of nitrogens with zero attached hydrogens (tertiary/aromatic N) is 1. The lowest BCUT2D eigenvalue weighted by Gasteiger charge is -2.19. The van der Waals surface area contributed by atoms with Gasteiger partial charge in [-0.25, -0.2) is 0 Å². The number of aliphatic hydroxyl groups is 2. The van der Waals surface area contributed by atoms with Crippen LogP contribution < -0.4 is 5.32 Å². The Hall–Kier alpha value is -2.13. The van der Waals surface area contributed by atoms with E-state index in [4.69, 9.17) is 10.2 Å². The van der Waals surface area contributed by atoms with Gasteiger partial charge in [-0.1, -0.05) is 0 Å². The second kappa shape index (κ2) is 7.76. The second-order valence-corrected chi connectivity index (χ2v) is 4.27. The van der Waals surface area contributed by atoms with Gasteiger partial charge in [-0.2, -0.15) is 13.2 Å².